The third-order valence-electron chi connectivity index (χ3n) is 4.79. The van der Waals surface area contributed by atoms with E-state index in [1.807, 2.05) is 36.1 Å². The first-order valence-electron chi connectivity index (χ1n) is 8.02. The highest BCUT2D eigenvalue weighted by atomic mass is 16.5. The highest BCUT2D eigenvalue weighted by Gasteiger charge is 2.50. The predicted molar refractivity (Wildman–Crippen MR) is 85.2 cm³/mol. The first kappa shape index (κ1) is 14.2. The Hall–Kier alpha value is -2.43. The number of rotatable bonds is 3. The van der Waals surface area contributed by atoms with Gasteiger partial charge in [-0.2, -0.15) is 0 Å². The number of amides is 1. The van der Waals surface area contributed by atoms with Crippen LogP contribution in [0.3, 0.4) is 0 Å². The molecule has 0 aromatic carbocycles. The number of hydrogen-bond donors (Lipinski definition) is 0. The van der Waals surface area contributed by atoms with Crippen molar-refractivity contribution in [2.45, 2.75) is 31.9 Å². The molecule has 3 heterocycles. The summed E-state index contributed by atoms with van der Waals surface area (Å²) in [5, 5.41) is 0. The fourth-order valence-electron chi connectivity index (χ4n) is 3.75. The minimum Gasteiger partial charge on any atom is -0.472 e. The van der Waals surface area contributed by atoms with Gasteiger partial charge < -0.3 is 9.64 Å². The average Bonchev–Trinajstić information content (AvgIpc) is 3.12. The van der Waals surface area contributed by atoms with Gasteiger partial charge in [-0.1, -0.05) is 6.07 Å². The number of carbonyl (C=O) groups is 1. The van der Waals surface area contributed by atoms with Crippen LogP contribution in [-0.2, 0) is 0 Å². The summed E-state index contributed by atoms with van der Waals surface area (Å²) in [4.78, 5) is 23.1. The summed E-state index contributed by atoms with van der Waals surface area (Å²) in [6, 6.07) is 7.69. The normalized spacial score (nSPS) is 25.6. The van der Waals surface area contributed by atoms with Gasteiger partial charge in [-0.15, -0.1) is 0 Å². The maximum atomic E-state index is 12.8. The zero-order valence-corrected chi connectivity index (χ0v) is 13.1. The number of aryl methyl sites for hydroxylation is 1. The van der Waals surface area contributed by atoms with E-state index < -0.39 is 0 Å². The van der Waals surface area contributed by atoms with Crippen molar-refractivity contribution in [1.29, 1.82) is 0 Å². The van der Waals surface area contributed by atoms with E-state index in [2.05, 4.69) is 9.97 Å². The van der Waals surface area contributed by atoms with Gasteiger partial charge in [0.15, 0.2) is 0 Å². The molecule has 5 nitrogen and oxygen atoms in total. The summed E-state index contributed by atoms with van der Waals surface area (Å²) >= 11 is 0. The maximum absolute atomic E-state index is 12.8. The van der Waals surface area contributed by atoms with Gasteiger partial charge in [-0.05, 0) is 37.5 Å². The molecular weight excluding hydrogens is 290 g/mol. The molecule has 23 heavy (non-hydrogen) atoms. The summed E-state index contributed by atoms with van der Waals surface area (Å²) in [6.07, 6.45) is 7.29. The van der Waals surface area contributed by atoms with Crippen molar-refractivity contribution in [1.82, 2.24) is 14.9 Å². The third-order valence-corrected chi connectivity index (χ3v) is 4.79. The molecule has 2 aromatic heterocycles. The quantitative estimate of drug-likeness (QED) is 0.874. The van der Waals surface area contributed by atoms with Gasteiger partial charge in [0.25, 0.3) is 5.91 Å². The highest BCUT2D eigenvalue weighted by molar-refractivity contribution is 5.94. The second kappa shape index (κ2) is 5.65. The average molecular weight is 309 g/mol. The molecule has 5 heteroatoms. The van der Waals surface area contributed by atoms with Crippen LogP contribution in [0.1, 0.15) is 28.8 Å². The van der Waals surface area contributed by atoms with Gasteiger partial charge in [-0.3, -0.25) is 9.78 Å². The number of fused-ring (bicyclic) bond motifs is 2. The standard InChI is InChI=1S/C18H19N3O2/c1-12-8-14(10-19-9-12)18(22)21-11-13-5-6-15(21)17(13)23-16-4-2-3-7-20-16/h2-4,7-10,13,15,17H,5-6,11H2,1H3/t13-,15+,17+/m1/s1. The largest absolute Gasteiger partial charge is 0.472 e. The first-order valence-corrected chi connectivity index (χ1v) is 8.02. The van der Waals surface area contributed by atoms with E-state index in [0.717, 1.165) is 24.9 Å². The van der Waals surface area contributed by atoms with E-state index in [4.69, 9.17) is 4.74 Å². The van der Waals surface area contributed by atoms with Crippen LogP contribution in [0.4, 0.5) is 0 Å². The van der Waals surface area contributed by atoms with Crippen molar-refractivity contribution >= 4 is 5.91 Å². The van der Waals surface area contributed by atoms with Crippen molar-refractivity contribution in [3.8, 4) is 5.88 Å². The Labute approximate surface area is 135 Å². The number of piperidine rings is 1. The van der Waals surface area contributed by atoms with Gasteiger partial charge in [0, 0.05) is 37.1 Å². The predicted octanol–water partition coefficient (Wildman–Crippen LogP) is 2.47. The second-order valence-electron chi connectivity index (χ2n) is 6.36. The van der Waals surface area contributed by atoms with Crippen LogP contribution in [0.25, 0.3) is 0 Å². The molecule has 2 aromatic rings. The Morgan fingerprint density at radius 3 is 3.00 bits per heavy atom. The third kappa shape index (κ3) is 2.56. The number of likely N-dealkylation sites (tertiary alicyclic amines) is 1. The minimum absolute atomic E-state index is 0.0478. The van der Waals surface area contributed by atoms with E-state index in [0.29, 0.717) is 17.4 Å². The lowest BCUT2D eigenvalue weighted by Gasteiger charge is -2.27. The van der Waals surface area contributed by atoms with Gasteiger partial charge in [0.1, 0.15) is 6.10 Å². The number of aromatic nitrogens is 2. The lowest BCUT2D eigenvalue weighted by atomic mass is 10.1. The van der Waals surface area contributed by atoms with Gasteiger partial charge in [0.05, 0.1) is 11.6 Å². The molecule has 0 spiro atoms. The molecule has 2 aliphatic rings. The summed E-state index contributed by atoms with van der Waals surface area (Å²) < 4.78 is 6.08. The van der Waals surface area contributed by atoms with E-state index in [9.17, 15) is 4.79 Å². The van der Waals surface area contributed by atoms with E-state index in [1.165, 1.54) is 0 Å². The number of pyridine rings is 2. The molecule has 1 aliphatic carbocycles. The van der Waals surface area contributed by atoms with E-state index in [-0.39, 0.29) is 18.1 Å². The summed E-state index contributed by atoms with van der Waals surface area (Å²) in [6.45, 7) is 2.71. The number of ether oxygens (including phenoxy) is 1. The zero-order valence-electron chi connectivity index (χ0n) is 13.1. The molecule has 0 radical (unpaired) electrons. The zero-order chi connectivity index (χ0) is 15.8. The van der Waals surface area contributed by atoms with Crippen LogP contribution in [-0.4, -0.2) is 39.5 Å². The molecule has 1 saturated heterocycles. The van der Waals surface area contributed by atoms with Gasteiger partial charge in [-0.25, -0.2) is 4.98 Å². The summed E-state index contributed by atoms with van der Waals surface area (Å²) in [7, 11) is 0. The molecule has 2 bridgehead atoms. The Balaban J connectivity index is 1.53. The summed E-state index contributed by atoms with van der Waals surface area (Å²) in [5.74, 6) is 1.09. The molecule has 4 rings (SSSR count). The topological polar surface area (TPSA) is 55.3 Å². The molecular formula is C18H19N3O2. The molecule has 2 fully saturated rings. The van der Waals surface area contributed by atoms with Gasteiger partial charge in [0.2, 0.25) is 5.88 Å². The van der Waals surface area contributed by atoms with Crippen molar-refractivity contribution in [3.05, 3.63) is 54.0 Å². The second-order valence-corrected chi connectivity index (χ2v) is 6.36. The SMILES string of the molecule is Cc1cncc(C(=O)N2C[C@H]3CC[C@H]2[C@H]3Oc2ccccn2)c1. The Kier molecular flexibility index (Phi) is 3.48. The van der Waals surface area contributed by atoms with Crippen LogP contribution in [0.5, 0.6) is 5.88 Å². The maximum Gasteiger partial charge on any atom is 0.255 e. The van der Waals surface area contributed by atoms with Crippen molar-refractivity contribution < 1.29 is 9.53 Å². The van der Waals surface area contributed by atoms with Crippen LogP contribution in [0.15, 0.2) is 42.9 Å². The Morgan fingerprint density at radius 1 is 1.30 bits per heavy atom. The molecule has 0 unspecified atom stereocenters. The van der Waals surface area contributed by atoms with Crippen molar-refractivity contribution in [2.75, 3.05) is 6.54 Å². The highest BCUT2D eigenvalue weighted by Crippen LogP contribution is 2.40. The number of carbonyl (C=O) groups excluding carboxylic acids is 1. The van der Waals surface area contributed by atoms with Crippen LogP contribution in [0.2, 0.25) is 0 Å². The lowest BCUT2D eigenvalue weighted by molar-refractivity contribution is 0.0664. The Bertz CT molecular complexity index is 719. The minimum atomic E-state index is 0.0478. The first-order chi connectivity index (χ1) is 11.2. The monoisotopic (exact) mass is 309 g/mol. The fraction of sp³-hybridized carbons (Fsp3) is 0.389. The molecule has 1 aliphatic heterocycles. The Morgan fingerprint density at radius 2 is 2.22 bits per heavy atom. The summed E-state index contributed by atoms with van der Waals surface area (Å²) in [5.41, 5.74) is 1.66. The van der Waals surface area contributed by atoms with Crippen LogP contribution < -0.4 is 4.74 Å². The lowest BCUT2D eigenvalue weighted by Crippen LogP contribution is -2.40. The molecule has 1 amide bonds. The smallest absolute Gasteiger partial charge is 0.255 e. The molecule has 0 N–H and O–H groups in total. The number of nitrogens with zero attached hydrogens (tertiary/aromatic N) is 3. The van der Waals surface area contributed by atoms with E-state index >= 15 is 0 Å². The van der Waals surface area contributed by atoms with Crippen LogP contribution in [0, 0.1) is 12.8 Å². The number of hydrogen-bond acceptors (Lipinski definition) is 4. The molecule has 3 atom stereocenters. The van der Waals surface area contributed by atoms with Crippen LogP contribution >= 0.6 is 0 Å². The van der Waals surface area contributed by atoms with E-state index in [1.54, 1.807) is 18.6 Å². The molecule has 118 valence electrons. The van der Waals surface area contributed by atoms with Gasteiger partial charge >= 0.3 is 0 Å². The van der Waals surface area contributed by atoms with Crippen molar-refractivity contribution in [2.24, 2.45) is 5.92 Å². The fourth-order valence-corrected chi connectivity index (χ4v) is 3.75. The molecule has 1 saturated carbocycles. The van der Waals surface area contributed by atoms with Crippen molar-refractivity contribution in [3.63, 3.8) is 0 Å².